The van der Waals surface area contributed by atoms with E-state index in [2.05, 4.69) is 25.7 Å². The van der Waals surface area contributed by atoms with Gasteiger partial charge in [-0.2, -0.15) is 0 Å². The molecule has 1 aliphatic carbocycles. The van der Waals surface area contributed by atoms with E-state index in [0.29, 0.717) is 0 Å². The summed E-state index contributed by atoms with van der Waals surface area (Å²) in [7, 11) is 1.35. The summed E-state index contributed by atoms with van der Waals surface area (Å²) in [6.45, 7) is 0. The van der Waals surface area contributed by atoms with Gasteiger partial charge in [0.05, 0.1) is 7.11 Å². The smallest absolute Gasteiger partial charge is 0.323 e. The molecule has 0 saturated heterocycles. The average molecular weight is 285 g/mol. The number of hydrogen-bond donors (Lipinski definition) is 1. The molecule has 1 unspecified atom stereocenters. The van der Waals surface area contributed by atoms with Gasteiger partial charge < -0.3 is 10.5 Å². The Bertz CT molecular complexity index is 401. The fourth-order valence-electron chi connectivity index (χ4n) is 1.88. The molecule has 1 aromatic rings. The number of halogens is 1. The van der Waals surface area contributed by atoms with Gasteiger partial charge in [-0.3, -0.25) is 9.78 Å². The standard InChI is InChI=1S/C11H13BrN2O2/c1-16-10(15)9(13)11(4-5-11)8-3-2-7(12)6-14-8/h2-3,6,9H,4-5,13H2,1H3. The van der Waals surface area contributed by atoms with Gasteiger partial charge in [-0.15, -0.1) is 0 Å². The molecular formula is C11H13BrN2O2. The van der Waals surface area contributed by atoms with Crippen molar-refractivity contribution in [3.63, 3.8) is 0 Å². The third-order valence-electron chi connectivity index (χ3n) is 3.08. The monoisotopic (exact) mass is 284 g/mol. The molecule has 2 N–H and O–H groups in total. The van der Waals surface area contributed by atoms with E-state index in [1.54, 1.807) is 6.20 Å². The SMILES string of the molecule is COC(=O)C(N)C1(c2ccc(Br)cn2)CC1. The van der Waals surface area contributed by atoms with Crippen molar-refractivity contribution in [3.05, 3.63) is 28.5 Å². The fourth-order valence-corrected chi connectivity index (χ4v) is 2.12. The van der Waals surface area contributed by atoms with Crippen LogP contribution in [0.5, 0.6) is 0 Å². The van der Waals surface area contributed by atoms with Gasteiger partial charge in [-0.25, -0.2) is 0 Å². The van der Waals surface area contributed by atoms with E-state index in [1.807, 2.05) is 12.1 Å². The number of carbonyl (C=O) groups is 1. The number of aromatic nitrogens is 1. The molecule has 1 heterocycles. The average Bonchev–Trinajstić information content (AvgIpc) is 3.09. The van der Waals surface area contributed by atoms with E-state index >= 15 is 0 Å². The lowest BCUT2D eigenvalue weighted by atomic mass is 9.92. The number of esters is 1. The Hall–Kier alpha value is -0.940. The van der Waals surface area contributed by atoms with Crippen molar-refractivity contribution in [1.82, 2.24) is 4.98 Å². The third kappa shape index (κ3) is 1.85. The fraction of sp³-hybridized carbons (Fsp3) is 0.455. The van der Waals surface area contributed by atoms with Gasteiger partial charge >= 0.3 is 5.97 Å². The second kappa shape index (κ2) is 4.14. The minimum Gasteiger partial charge on any atom is -0.468 e. The predicted octanol–water partition coefficient (Wildman–Crippen LogP) is 1.38. The molecule has 0 aromatic carbocycles. The van der Waals surface area contributed by atoms with Crippen LogP contribution in [0.3, 0.4) is 0 Å². The van der Waals surface area contributed by atoms with Crippen LogP contribution in [0.15, 0.2) is 22.8 Å². The maximum atomic E-state index is 11.5. The maximum Gasteiger partial charge on any atom is 0.323 e. The maximum absolute atomic E-state index is 11.5. The number of nitrogens with two attached hydrogens (primary N) is 1. The first-order valence-corrected chi connectivity index (χ1v) is 5.85. The highest BCUT2D eigenvalue weighted by atomic mass is 79.9. The summed E-state index contributed by atoms with van der Waals surface area (Å²) >= 11 is 3.33. The van der Waals surface area contributed by atoms with E-state index in [9.17, 15) is 4.79 Å². The van der Waals surface area contributed by atoms with Crippen molar-refractivity contribution in [1.29, 1.82) is 0 Å². The Kier molecular flexibility index (Phi) is 2.99. The van der Waals surface area contributed by atoms with Gasteiger partial charge in [-0.05, 0) is 40.9 Å². The van der Waals surface area contributed by atoms with Crippen LogP contribution in [-0.2, 0) is 14.9 Å². The number of carbonyl (C=O) groups excluding carboxylic acids is 1. The van der Waals surface area contributed by atoms with Crippen molar-refractivity contribution in [2.45, 2.75) is 24.3 Å². The quantitative estimate of drug-likeness (QED) is 0.852. The molecule has 16 heavy (non-hydrogen) atoms. The first-order chi connectivity index (χ1) is 7.60. The van der Waals surface area contributed by atoms with Crippen LogP contribution in [0.2, 0.25) is 0 Å². The molecule has 1 aliphatic rings. The van der Waals surface area contributed by atoms with Crippen molar-refractivity contribution in [2.75, 3.05) is 7.11 Å². The Morgan fingerprint density at radius 3 is 2.75 bits per heavy atom. The van der Waals surface area contributed by atoms with Crippen LogP contribution >= 0.6 is 15.9 Å². The highest BCUT2D eigenvalue weighted by Gasteiger charge is 2.53. The van der Waals surface area contributed by atoms with Crippen LogP contribution in [0, 0.1) is 0 Å². The van der Waals surface area contributed by atoms with Gasteiger partial charge in [0.1, 0.15) is 6.04 Å². The van der Waals surface area contributed by atoms with E-state index in [4.69, 9.17) is 5.73 Å². The summed E-state index contributed by atoms with van der Waals surface area (Å²) in [6, 6.07) is 3.19. The summed E-state index contributed by atoms with van der Waals surface area (Å²) in [5.74, 6) is -0.373. The Balaban J connectivity index is 2.26. The largest absolute Gasteiger partial charge is 0.468 e. The van der Waals surface area contributed by atoms with Gasteiger partial charge in [0.2, 0.25) is 0 Å². The second-order valence-electron chi connectivity index (χ2n) is 4.02. The molecular weight excluding hydrogens is 272 g/mol. The first kappa shape index (κ1) is 11.5. The van der Waals surface area contributed by atoms with Crippen molar-refractivity contribution in [3.8, 4) is 0 Å². The van der Waals surface area contributed by atoms with Crippen LogP contribution in [-0.4, -0.2) is 24.1 Å². The lowest BCUT2D eigenvalue weighted by Crippen LogP contribution is -2.43. The lowest BCUT2D eigenvalue weighted by Gasteiger charge is -2.20. The van der Waals surface area contributed by atoms with E-state index in [1.165, 1.54) is 7.11 Å². The van der Waals surface area contributed by atoms with Crippen LogP contribution in [0.4, 0.5) is 0 Å². The third-order valence-corrected chi connectivity index (χ3v) is 3.55. The molecule has 4 nitrogen and oxygen atoms in total. The van der Waals surface area contributed by atoms with Gasteiger partial charge in [-0.1, -0.05) is 0 Å². The summed E-state index contributed by atoms with van der Waals surface area (Å²) in [5, 5.41) is 0. The van der Waals surface area contributed by atoms with Crippen LogP contribution < -0.4 is 5.73 Å². The molecule has 1 atom stereocenters. The first-order valence-electron chi connectivity index (χ1n) is 5.05. The zero-order chi connectivity index (χ0) is 11.8. The van der Waals surface area contributed by atoms with Crippen molar-refractivity contribution in [2.24, 2.45) is 5.73 Å². The molecule has 1 aromatic heterocycles. The minimum absolute atomic E-state index is 0.312. The molecule has 5 heteroatoms. The molecule has 0 aliphatic heterocycles. The Labute approximate surface area is 102 Å². The lowest BCUT2D eigenvalue weighted by molar-refractivity contribution is -0.143. The van der Waals surface area contributed by atoms with Crippen LogP contribution in [0.25, 0.3) is 0 Å². The summed E-state index contributed by atoms with van der Waals surface area (Å²) in [5.41, 5.74) is 6.47. The normalized spacial score (nSPS) is 18.9. The Morgan fingerprint density at radius 1 is 1.62 bits per heavy atom. The predicted molar refractivity (Wildman–Crippen MR) is 62.8 cm³/mol. The van der Waals surface area contributed by atoms with E-state index in [-0.39, 0.29) is 11.4 Å². The number of pyridine rings is 1. The number of ether oxygens (including phenoxy) is 1. The summed E-state index contributed by atoms with van der Waals surface area (Å²) in [4.78, 5) is 15.8. The minimum atomic E-state index is -0.619. The van der Waals surface area contributed by atoms with E-state index in [0.717, 1.165) is 23.0 Å². The molecule has 0 spiro atoms. The topological polar surface area (TPSA) is 65.2 Å². The molecule has 1 fully saturated rings. The van der Waals surface area contributed by atoms with Crippen molar-refractivity contribution < 1.29 is 9.53 Å². The zero-order valence-electron chi connectivity index (χ0n) is 8.94. The molecule has 2 rings (SSSR count). The Morgan fingerprint density at radius 2 is 2.31 bits per heavy atom. The molecule has 0 bridgehead atoms. The summed E-state index contributed by atoms with van der Waals surface area (Å²) in [6.07, 6.45) is 3.50. The van der Waals surface area contributed by atoms with E-state index < -0.39 is 6.04 Å². The molecule has 86 valence electrons. The van der Waals surface area contributed by atoms with Crippen molar-refractivity contribution >= 4 is 21.9 Å². The number of rotatable bonds is 3. The van der Waals surface area contributed by atoms with Gasteiger partial charge in [0.15, 0.2) is 0 Å². The number of nitrogens with zero attached hydrogens (tertiary/aromatic N) is 1. The van der Waals surface area contributed by atoms with Gasteiger partial charge in [0, 0.05) is 21.8 Å². The zero-order valence-corrected chi connectivity index (χ0v) is 10.5. The molecule has 1 saturated carbocycles. The van der Waals surface area contributed by atoms with Gasteiger partial charge in [0.25, 0.3) is 0 Å². The number of methoxy groups -OCH3 is 1. The molecule has 0 amide bonds. The summed E-state index contributed by atoms with van der Waals surface area (Å²) < 4.78 is 5.60. The van der Waals surface area contributed by atoms with Crippen LogP contribution in [0.1, 0.15) is 18.5 Å². The second-order valence-corrected chi connectivity index (χ2v) is 4.93. The highest BCUT2D eigenvalue weighted by molar-refractivity contribution is 9.10. The number of hydrogen-bond acceptors (Lipinski definition) is 4. The molecule has 0 radical (unpaired) electrons. The highest BCUT2D eigenvalue weighted by Crippen LogP contribution is 2.49.